The molecule has 0 amide bonds. The van der Waals surface area contributed by atoms with E-state index in [4.69, 9.17) is 28.6 Å². The first-order chi connectivity index (χ1) is 12.7. The normalized spacial score (nSPS) is 10.2. The summed E-state index contributed by atoms with van der Waals surface area (Å²) >= 11 is 13.1. The summed E-state index contributed by atoms with van der Waals surface area (Å²) < 4.78 is 5.51. The van der Waals surface area contributed by atoms with Crippen molar-refractivity contribution in [3.05, 3.63) is 71.8 Å². The van der Waals surface area contributed by atoms with Crippen molar-refractivity contribution in [1.29, 1.82) is 0 Å². The highest BCUT2D eigenvalue weighted by molar-refractivity contribution is 7.98. The van der Waals surface area contributed by atoms with Crippen LogP contribution in [-0.2, 0) is 5.75 Å². The summed E-state index contributed by atoms with van der Waals surface area (Å²) in [7, 11) is 0. The van der Waals surface area contributed by atoms with Crippen LogP contribution in [0.5, 0.6) is 5.75 Å². The number of hydrogen-bond donors (Lipinski definition) is 2. The van der Waals surface area contributed by atoms with Crippen LogP contribution in [-0.4, -0.2) is 24.0 Å². The van der Waals surface area contributed by atoms with Crippen LogP contribution in [0, 0.1) is 0 Å². The minimum absolute atomic E-state index is 0.486. The minimum Gasteiger partial charge on any atom is -0.489 e. The maximum Gasteiger partial charge on any atom is 0.170 e. The van der Waals surface area contributed by atoms with E-state index >= 15 is 0 Å². The Hall–Kier alpha value is -1.69. The van der Waals surface area contributed by atoms with Gasteiger partial charge < -0.3 is 15.4 Å². The summed E-state index contributed by atoms with van der Waals surface area (Å²) in [6, 6.07) is 15.7. The average molecular weight is 407 g/mol. The van der Waals surface area contributed by atoms with Crippen molar-refractivity contribution in [2.24, 2.45) is 0 Å². The van der Waals surface area contributed by atoms with Gasteiger partial charge in [-0.3, -0.25) is 0 Å². The van der Waals surface area contributed by atoms with E-state index in [0.717, 1.165) is 40.9 Å². The lowest BCUT2D eigenvalue weighted by Crippen LogP contribution is -2.29. The van der Waals surface area contributed by atoms with Gasteiger partial charge in [-0.15, -0.1) is 0 Å². The van der Waals surface area contributed by atoms with Gasteiger partial charge in [-0.25, -0.2) is 0 Å². The van der Waals surface area contributed by atoms with Crippen molar-refractivity contribution >= 4 is 46.4 Å². The van der Waals surface area contributed by atoms with Crippen LogP contribution in [0.15, 0.2) is 61.2 Å². The number of benzene rings is 2. The van der Waals surface area contributed by atoms with Gasteiger partial charge in [0.25, 0.3) is 0 Å². The molecule has 2 aromatic rings. The third-order valence-corrected chi connectivity index (χ3v) is 5.01. The summed E-state index contributed by atoms with van der Waals surface area (Å²) in [6.07, 6.45) is 2.76. The predicted octanol–water partition coefficient (Wildman–Crippen LogP) is 5.51. The Balaban J connectivity index is 1.60. The molecule has 2 rings (SSSR count). The third-order valence-electron chi connectivity index (χ3n) is 3.39. The summed E-state index contributed by atoms with van der Waals surface area (Å²) in [5, 5.41) is 7.81. The van der Waals surface area contributed by atoms with Crippen molar-refractivity contribution in [3.8, 4) is 5.75 Å². The summed E-state index contributed by atoms with van der Waals surface area (Å²) in [4.78, 5) is 0. The zero-order chi connectivity index (χ0) is 18.6. The zero-order valence-corrected chi connectivity index (χ0v) is 16.9. The van der Waals surface area contributed by atoms with Crippen LogP contribution in [0.1, 0.15) is 12.0 Å². The fourth-order valence-electron chi connectivity index (χ4n) is 2.14. The van der Waals surface area contributed by atoms with Crippen LogP contribution in [0.2, 0.25) is 5.02 Å². The molecule has 0 heterocycles. The second-order valence-corrected chi connectivity index (χ2v) is 7.49. The van der Waals surface area contributed by atoms with Gasteiger partial charge in [0.2, 0.25) is 0 Å². The van der Waals surface area contributed by atoms with E-state index in [1.807, 2.05) is 48.2 Å². The van der Waals surface area contributed by atoms with Gasteiger partial charge in [0.15, 0.2) is 5.11 Å². The van der Waals surface area contributed by atoms with Gasteiger partial charge in [-0.1, -0.05) is 42.5 Å². The Morgan fingerprint density at radius 2 is 2.04 bits per heavy atom. The first-order valence-corrected chi connectivity index (χ1v) is 10.3. The molecular formula is C20H23ClN2OS2. The number of thiocarbonyl (C=S) groups is 1. The topological polar surface area (TPSA) is 33.3 Å². The van der Waals surface area contributed by atoms with Crippen molar-refractivity contribution in [2.75, 3.05) is 24.2 Å². The summed E-state index contributed by atoms with van der Waals surface area (Å²) in [5.41, 5.74) is 2.20. The van der Waals surface area contributed by atoms with Crippen LogP contribution in [0.4, 0.5) is 5.69 Å². The summed E-state index contributed by atoms with van der Waals surface area (Å²) in [6.45, 7) is 4.97. The van der Waals surface area contributed by atoms with Crippen LogP contribution >= 0.6 is 35.6 Å². The maximum atomic E-state index is 5.89. The highest BCUT2D eigenvalue weighted by Crippen LogP contribution is 2.17. The Morgan fingerprint density at radius 3 is 2.81 bits per heavy atom. The molecule has 0 aliphatic heterocycles. The van der Waals surface area contributed by atoms with E-state index in [1.165, 1.54) is 5.56 Å². The van der Waals surface area contributed by atoms with E-state index in [1.54, 1.807) is 6.08 Å². The Bertz CT molecular complexity index is 707. The molecule has 0 aromatic heterocycles. The zero-order valence-electron chi connectivity index (χ0n) is 14.5. The molecule has 26 heavy (non-hydrogen) atoms. The highest BCUT2D eigenvalue weighted by atomic mass is 35.5. The second-order valence-electron chi connectivity index (χ2n) is 5.54. The fourth-order valence-corrected chi connectivity index (χ4v) is 3.41. The number of anilines is 1. The van der Waals surface area contributed by atoms with Crippen molar-refractivity contribution in [2.45, 2.75) is 12.2 Å². The number of thioether (sulfide) groups is 1. The lowest BCUT2D eigenvalue weighted by Gasteiger charge is -2.11. The molecule has 0 radical (unpaired) electrons. The maximum absolute atomic E-state index is 5.89. The first kappa shape index (κ1) is 20.6. The molecule has 3 nitrogen and oxygen atoms in total. The molecule has 0 spiro atoms. The molecule has 0 bridgehead atoms. The predicted molar refractivity (Wildman–Crippen MR) is 119 cm³/mol. The molecular weight excluding hydrogens is 384 g/mol. The molecule has 0 atom stereocenters. The SMILES string of the molecule is C=CCOc1cccc(NC(=S)NCCCSCc2ccc(Cl)cc2)c1. The quantitative estimate of drug-likeness (QED) is 0.308. The number of rotatable bonds is 10. The van der Waals surface area contributed by atoms with E-state index in [9.17, 15) is 0 Å². The van der Waals surface area contributed by atoms with Gasteiger partial charge in [0.05, 0.1) is 0 Å². The number of halogens is 1. The largest absolute Gasteiger partial charge is 0.489 e. The van der Waals surface area contributed by atoms with E-state index in [0.29, 0.717) is 11.7 Å². The number of ether oxygens (including phenoxy) is 1. The van der Waals surface area contributed by atoms with Gasteiger partial charge in [0.1, 0.15) is 12.4 Å². The van der Waals surface area contributed by atoms with Gasteiger partial charge in [-0.2, -0.15) is 11.8 Å². The Labute approximate surface area is 170 Å². The molecule has 0 unspecified atom stereocenters. The van der Waals surface area contributed by atoms with Crippen molar-refractivity contribution in [3.63, 3.8) is 0 Å². The standard InChI is InChI=1S/C20H23ClN2OS2/c1-2-12-24-19-6-3-5-18(14-19)23-20(25)22-11-4-13-26-15-16-7-9-17(21)10-8-16/h2-3,5-10,14H,1,4,11-13,15H2,(H2,22,23,25). The van der Waals surface area contributed by atoms with Gasteiger partial charge >= 0.3 is 0 Å². The van der Waals surface area contributed by atoms with Crippen LogP contribution in [0.3, 0.4) is 0 Å². The van der Waals surface area contributed by atoms with Gasteiger partial charge in [-0.05, 0) is 54.2 Å². The Morgan fingerprint density at radius 1 is 1.23 bits per heavy atom. The van der Waals surface area contributed by atoms with Crippen molar-refractivity contribution in [1.82, 2.24) is 5.32 Å². The number of hydrogen-bond acceptors (Lipinski definition) is 3. The molecule has 0 saturated carbocycles. The van der Waals surface area contributed by atoms with Gasteiger partial charge in [0, 0.05) is 29.1 Å². The molecule has 6 heteroatoms. The Kier molecular flexibility index (Phi) is 9.39. The van der Waals surface area contributed by atoms with E-state index < -0.39 is 0 Å². The van der Waals surface area contributed by atoms with Crippen molar-refractivity contribution < 1.29 is 4.74 Å². The van der Waals surface area contributed by atoms with E-state index in [2.05, 4.69) is 29.3 Å². The highest BCUT2D eigenvalue weighted by Gasteiger charge is 2.00. The average Bonchev–Trinajstić information content (AvgIpc) is 2.64. The monoisotopic (exact) mass is 406 g/mol. The fraction of sp³-hybridized carbons (Fsp3) is 0.250. The molecule has 138 valence electrons. The van der Waals surface area contributed by atoms with E-state index in [-0.39, 0.29) is 0 Å². The lowest BCUT2D eigenvalue weighted by molar-refractivity contribution is 0.363. The molecule has 0 aliphatic carbocycles. The summed E-state index contributed by atoms with van der Waals surface area (Å²) in [5.74, 6) is 2.86. The number of nitrogens with one attached hydrogen (secondary N) is 2. The minimum atomic E-state index is 0.486. The molecule has 2 N–H and O–H groups in total. The van der Waals surface area contributed by atoms with Crippen LogP contribution in [0.25, 0.3) is 0 Å². The lowest BCUT2D eigenvalue weighted by atomic mass is 10.2. The second kappa shape index (κ2) is 11.8. The molecule has 2 aromatic carbocycles. The third kappa shape index (κ3) is 8.13. The first-order valence-electron chi connectivity index (χ1n) is 8.38. The van der Waals surface area contributed by atoms with Crippen LogP contribution < -0.4 is 15.4 Å². The molecule has 0 fully saturated rings. The molecule has 0 saturated heterocycles. The molecule has 0 aliphatic rings. The smallest absolute Gasteiger partial charge is 0.170 e.